The van der Waals surface area contributed by atoms with Crippen molar-refractivity contribution in [2.45, 2.75) is 25.2 Å². The van der Waals surface area contributed by atoms with Crippen LogP contribution in [0.5, 0.6) is 5.75 Å². The predicted molar refractivity (Wildman–Crippen MR) is 99.0 cm³/mol. The first-order chi connectivity index (χ1) is 12.8. The average molecular weight is 423 g/mol. The predicted octanol–water partition coefficient (Wildman–Crippen LogP) is 1.39. The van der Waals surface area contributed by atoms with E-state index in [0.717, 1.165) is 0 Å². The molecule has 1 saturated heterocycles. The zero-order valence-corrected chi connectivity index (χ0v) is 16.0. The Balaban J connectivity index is 0.00000280. The number of rotatable bonds is 4. The molecule has 1 aromatic carbocycles. The van der Waals surface area contributed by atoms with E-state index in [-0.39, 0.29) is 42.7 Å². The van der Waals surface area contributed by atoms with Gasteiger partial charge in [0.15, 0.2) is 11.9 Å². The maximum Gasteiger partial charge on any atom is 0.405 e. The van der Waals surface area contributed by atoms with Crippen molar-refractivity contribution in [2.24, 2.45) is 0 Å². The van der Waals surface area contributed by atoms with Gasteiger partial charge in [0.1, 0.15) is 6.04 Å². The molecular formula is C17H22ClF3N4O3. The Morgan fingerprint density at radius 3 is 2.68 bits per heavy atom. The largest absolute Gasteiger partial charge is 0.478 e. The van der Waals surface area contributed by atoms with Gasteiger partial charge >= 0.3 is 6.18 Å². The van der Waals surface area contributed by atoms with Crippen LogP contribution >= 0.6 is 12.4 Å². The number of hydrogen-bond acceptors (Lipinski definition) is 5. The maximum atomic E-state index is 13.4. The molecule has 3 N–H and O–H groups in total. The molecule has 2 heterocycles. The highest BCUT2D eigenvalue weighted by atomic mass is 35.5. The summed E-state index contributed by atoms with van der Waals surface area (Å²) in [7, 11) is 0. The highest BCUT2D eigenvalue weighted by Gasteiger charge is 2.44. The summed E-state index contributed by atoms with van der Waals surface area (Å²) in [5.41, 5.74) is 0.404. The van der Waals surface area contributed by atoms with Gasteiger partial charge < -0.3 is 20.7 Å². The Kier molecular flexibility index (Phi) is 7.13. The summed E-state index contributed by atoms with van der Waals surface area (Å²) in [6.07, 6.45) is -5.25. The summed E-state index contributed by atoms with van der Waals surface area (Å²) in [4.78, 5) is 25.5. The number of benzene rings is 1. The molecular weight excluding hydrogens is 401 g/mol. The fraction of sp³-hybridized carbons (Fsp3) is 0.529. The number of alkyl halides is 3. The topological polar surface area (TPSA) is 82.7 Å². The molecule has 2 amide bonds. The van der Waals surface area contributed by atoms with Crippen LogP contribution < -0.4 is 20.7 Å². The summed E-state index contributed by atoms with van der Waals surface area (Å²) >= 11 is 0. The molecule has 0 aromatic heterocycles. The molecule has 1 fully saturated rings. The van der Waals surface area contributed by atoms with Gasteiger partial charge in [-0.1, -0.05) is 6.07 Å². The van der Waals surface area contributed by atoms with E-state index in [1.807, 2.05) is 0 Å². The Labute approximate surface area is 166 Å². The first-order valence-electron chi connectivity index (χ1n) is 8.67. The van der Waals surface area contributed by atoms with Crippen LogP contribution in [0, 0.1) is 0 Å². The van der Waals surface area contributed by atoms with Crippen molar-refractivity contribution in [3.8, 4) is 5.75 Å². The lowest BCUT2D eigenvalue weighted by Crippen LogP contribution is -2.57. The number of nitrogens with one attached hydrogen (secondary N) is 3. The molecule has 0 aliphatic carbocycles. The zero-order valence-electron chi connectivity index (χ0n) is 15.1. The lowest BCUT2D eigenvalue weighted by Gasteiger charge is -2.36. The summed E-state index contributed by atoms with van der Waals surface area (Å²) < 4.78 is 45.8. The van der Waals surface area contributed by atoms with Crippen molar-refractivity contribution < 1.29 is 27.5 Å². The molecule has 0 saturated carbocycles. The van der Waals surface area contributed by atoms with E-state index in [1.54, 1.807) is 6.07 Å². The van der Waals surface area contributed by atoms with E-state index in [0.29, 0.717) is 18.8 Å². The number of piperazine rings is 1. The van der Waals surface area contributed by atoms with Crippen LogP contribution in [0.2, 0.25) is 0 Å². The monoisotopic (exact) mass is 422 g/mol. The molecule has 2 aliphatic heterocycles. The second-order valence-electron chi connectivity index (χ2n) is 6.48. The number of carbonyl (C=O) groups is 2. The van der Waals surface area contributed by atoms with E-state index < -0.39 is 30.8 Å². The Bertz CT molecular complexity index is 726. The fourth-order valence-corrected chi connectivity index (χ4v) is 3.14. The first kappa shape index (κ1) is 22.3. The molecule has 1 aromatic rings. The van der Waals surface area contributed by atoms with Crippen molar-refractivity contribution in [1.29, 1.82) is 0 Å². The van der Waals surface area contributed by atoms with E-state index in [1.165, 1.54) is 24.0 Å². The number of para-hydroxylation sites is 1. The number of amides is 2. The summed E-state index contributed by atoms with van der Waals surface area (Å²) in [5.74, 6) is -0.872. The molecule has 2 unspecified atom stereocenters. The zero-order chi connectivity index (χ0) is 19.6. The SMILES string of the molecule is CC1Oc2c(cccc2C(=O)NCC(N2CCNCC2)C(F)(F)F)NC1=O.Cl. The molecule has 0 spiro atoms. The van der Waals surface area contributed by atoms with Crippen LogP contribution in [0.15, 0.2) is 18.2 Å². The third kappa shape index (κ3) is 4.86. The van der Waals surface area contributed by atoms with Crippen molar-refractivity contribution in [2.75, 3.05) is 38.0 Å². The van der Waals surface area contributed by atoms with Crippen molar-refractivity contribution in [1.82, 2.24) is 15.5 Å². The molecule has 2 atom stereocenters. The Hall–Kier alpha value is -2.04. The number of ether oxygens (including phenoxy) is 1. The normalized spacial score (nSPS) is 20.9. The van der Waals surface area contributed by atoms with Gasteiger partial charge in [0.2, 0.25) is 0 Å². The first-order valence-corrected chi connectivity index (χ1v) is 8.67. The van der Waals surface area contributed by atoms with E-state index in [4.69, 9.17) is 4.74 Å². The van der Waals surface area contributed by atoms with Crippen LogP contribution in [0.3, 0.4) is 0 Å². The average Bonchev–Trinajstić information content (AvgIpc) is 2.62. The number of halogens is 4. The van der Waals surface area contributed by atoms with Crippen LogP contribution in [-0.4, -0.2) is 67.8 Å². The molecule has 28 heavy (non-hydrogen) atoms. The van der Waals surface area contributed by atoms with Crippen molar-refractivity contribution in [3.05, 3.63) is 23.8 Å². The smallest absolute Gasteiger partial charge is 0.405 e. The highest BCUT2D eigenvalue weighted by Crippen LogP contribution is 2.33. The Morgan fingerprint density at radius 1 is 1.36 bits per heavy atom. The summed E-state index contributed by atoms with van der Waals surface area (Å²) in [6, 6.07) is 2.79. The molecule has 3 rings (SSSR count). The minimum absolute atomic E-state index is 0. The molecule has 2 aliphatic rings. The quantitative estimate of drug-likeness (QED) is 0.683. The molecule has 0 radical (unpaired) electrons. The molecule has 156 valence electrons. The minimum Gasteiger partial charge on any atom is -0.478 e. The number of nitrogens with zero attached hydrogens (tertiary/aromatic N) is 1. The number of carbonyl (C=O) groups excluding carboxylic acids is 2. The van der Waals surface area contributed by atoms with Crippen LogP contribution in [0.25, 0.3) is 0 Å². The van der Waals surface area contributed by atoms with Crippen LogP contribution in [0.4, 0.5) is 18.9 Å². The Morgan fingerprint density at radius 2 is 2.04 bits per heavy atom. The van der Waals surface area contributed by atoms with Crippen LogP contribution in [0.1, 0.15) is 17.3 Å². The van der Waals surface area contributed by atoms with Gasteiger partial charge in [-0.05, 0) is 19.1 Å². The van der Waals surface area contributed by atoms with Gasteiger partial charge in [-0.15, -0.1) is 12.4 Å². The van der Waals surface area contributed by atoms with E-state index >= 15 is 0 Å². The molecule has 7 nitrogen and oxygen atoms in total. The van der Waals surface area contributed by atoms with Gasteiger partial charge in [0.05, 0.1) is 11.3 Å². The van der Waals surface area contributed by atoms with Gasteiger partial charge in [0, 0.05) is 32.7 Å². The number of hydrogen-bond donors (Lipinski definition) is 3. The van der Waals surface area contributed by atoms with Gasteiger partial charge in [-0.3, -0.25) is 14.5 Å². The van der Waals surface area contributed by atoms with Gasteiger partial charge in [-0.25, -0.2) is 0 Å². The van der Waals surface area contributed by atoms with Crippen LogP contribution in [-0.2, 0) is 4.79 Å². The summed E-state index contributed by atoms with van der Waals surface area (Å²) in [6.45, 7) is 2.42. The minimum atomic E-state index is -4.46. The lowest BCUT2D eigenvalue weighted by molar-refractivity contribution is -0.183. The molecule has 0 bridgehead atoms. The van der Waals surface area contributed by atoms with Gasteiger partial charge in [-0.2, -0.15) is 13.2 Å². The van der Waals surface area contributed by atoms with Crippen molar-refractivity contribution in [3.63, 3.8) is 0 Å². The number of anilines is 1. The van der Waals surface area contributed by atoms with E-state index in [2.05, 4.69) is 16.0 Å². The maximum absolute atomic E-state index is 13.4. The third-order valence-electron chi connectivity index (χ3n) is 4.61. The standard InChI is InChI=1S/C17H21F3N4O3.ClH/c1-10-15(25)23-12-4-2-3-11(14(12)27-10)16(26)22-9-13(17(18,19)20)24-7-5-21-6-8-24;/h2-4,10,13,21H,5-9H2,1H3,(H,22,26)(H,23,25);1H. The fourth-order valence-electron chi connectivity index (χ4n) is 3.14. The number of fused-ring (bicyclic) bond motifs is 1. The van der Waals surface area contributed by atoms with Crippen molar-refractivity contribution >= 4 is 29.9 Å². The second kappa shape index (κ2) is 8.97. The van der Waals surface area contributed by atoms with E-state index in [9.17, 15) is 22.8 Å². The summed E-state index contributed by atoms with van der Waals surface area (Å²) in [5, 5.41) is 7.98. The molecule has 11 heteroatoms. The van der Waals surface area contributed by atoms with Gasteiger partial charge in [0.25, 0.3) is 11.8 Å². The highest BCUT2D eigenvalue weighted by molar-refractivity contribution is 6.03. The second-order valence-corrected chi connectivity index (χ2v) is 6.48. The third-order valence-corrected chi connectivity index (χ3v) is 4.61. The lowest BCUT2D eigenvalue weighted by atomic mass is 10.1.